The minimum absolute atomic E-state index is 0.00653. The average Bonchev–Trinajstić information content (AvgIpc) is 2.58. The second kappa shape index (κ2) is 3.82. The number of rotatable bonds is 3. The van der Waals surface area contributed by atoms with Crippen molar-refractivity contribution < 1.29 is 14.6 Å². The molecule has 0 saturated heterocycles. The number of pyridine rings is 1. The third-order valence-corrected chi connectivity index (χ3v) is 2.21. The van der Waals surface area contributed by atoms with Gasteiger partial charge in [-0.2, -0.15) is 0 Å². The summed E-state index contributed by atoms with van der Waals surface area (Å²) < 4.78 is 6.58. The lowest BCUT2D eigenvalue weighted by Crippen LogP contribution is -1.97. The monoisotopic (exact) mass is 221 g/mol. The minimum Gasteiger partial charge on any atom is -0.476 e. The minimum atomic E-state index is -1.07. The van der Waals surface area contributed by atoms with E-state index < -0.39 is 5.97 Å². The lowest BCUT2D eigenvalue weighted by molar-refractivity contribution is 0.0692. The molecule has 0 aliphatic heterocycles. The number of nitrogen functional groups attached to an aromatic ring is 1. The van der Waals surface area contributed by atoms with Crippen molar-refractivity contribution in [2.75, 3.05) is 12.8 Å². The Morgan fingerprint density at radius 3 is 3.00 bits per heavy atom. The molecule has 0 amide bonds. The standard InChI is InChI=1S/C10H11N3O3/c1-16-5-8-12-9(10(14)15)7-3-2-6(11)4-13(7)8/h2-4H,5,11H2,1H3,(H,14,15). The number of methoxy groups -OCH3 is 1. The summed E-state index contributed by atoms with van der Waals surface area (Å²) in [6.07, 6.45) is 1.63. The Morgan fingerprint density at radius 1 is 1.62 bits per heavy atom. The fourth-order valence-corrected chi connectivity index (χ4v) is 1.55. The first-order chi connectivity index (χ1) is 7.63. The topological polar surface area (TPSA) is 89.8 Å². The summed E-state index contributed by atoms with van der Waals surface area (Å²) in [7, 11) is 1.52. The van der Waals surface area contributed by atoms with Crippen molar-refractivity contribution in [1.82, 2.24) is 9.38 Å². The van der Waals surface area contributed by atoms with Crippen LogP contribution >= 0.6 is 0 Å². The number of carbonyl (C=O) groups is 1. The molecule has 2 rings (SSSR count). The van der Waals surface area contributed by atoms with Crippen LogP contribution in [0.5, 0.6) is 0 Å². The van der Waals surface area contributed by atoms with Gasteiger partial charge < -0.3 is 15.6 Å². The molecule has 0 unspecified atom stereocenters. The van der Waals surface area contributed by atoms with E-state index in [0.29, 0.717) is 17.0 Å². The van der Waals surface area contributed by atoms with Gasteiger partial charge in [0.2, 0.25) is 0 Å². The second-order valence-corrected chi connectivity index (χ2v) is 3.33. The van der Waals surface area contributed by atoms with Crippen molar-refractivity contribution in [2.45, 2.75) is 6.61 Å². The molecule has 0 atom stereocenters. The number of nitrogens with zero attached hydrogens (tertiary/aromatic N) is 2. The smallest absolute Gasteiger partial charge is 0.356 e. The lowest BCUT2D eigenvalue weighted by atomic mass is 10.3. The number of ether oxygens (including phenoxy) is 1. The van der Waals surface area contributed by atoms with Crippen LogP contribution in [0.1, 0.15) is 16.3 Å². The van der Waals surface area contributed by atoms with Gasteiger partial charge in [0.25, 0.3) is 0 Å². The predicted molar refractivity (Wildman–Crippen MR) is 57.3 cm³/mol. The Morgan fingerprint density at radius 2 is 2.38 bits per heavy atom. The number of aromatic nitrogens is 2. The quantitative estimate of drug-likeness (QED) is 0.798. The maximum Gasteiger partial charge on any atom is 0.356 e. The van der Waals surface area contributed by atoms with Crippen molar-refractivity contribution in [3.63, 3.8) is 0 Å². The van der Waals surface area contributed by atoms with Gasteiger partial charge in [-0.3, -0.25) is 4.40 Å². The van der Waals surface area contributed by atoms with Crippen molar-refractivity contribution in [3.8, 4) is 0 Å². The molecule has 0 aliphatic rings. The molecular formula is C10H11N3O3. The largest absolute Gasteiger partial charge is 0.476 e. The van der Waals surface area contributed by atoms with E-state index in [1.807, 2.05) is 0 Å². The lowest BCUT2D eigenvalue weighted by Gasteiger charge is -2.00. The van der Waals surface area contributed by atoms with Crippen LogP contribution in [0, 0.1) is 0 Å². The molecule has 0 aromatic carbocycles. The Kier molecular flexibility index (Phi) is 2.49. The van der Waals surface area contributed by atoms with Crippen LogP contribution in [0.3, 0.4) is 0 Å². The van der Waals surface area contributed by atoms with Crippen LogP contribution in [-0.2, 0) is 11.3 Å². The van der Waals surface area contributed by atoms with Gasteiger partial charge in [-0.25, -0.2) is 9.78 Å². The Labute approximate surface area is 91.3 Å². The number of aromatic carboxylic acids is 1. The molecule has 84 valence electrons. The predicted octanol–water partition coefficient (Wildman–Crippen LogP) is 0.761. The number of imidazole rings is 1. The summed E-state index contributed by atoms with van der Waals surface area (Å²) >= 11 is 0. The van der Waals surface area contributed by atoms with E-state index in [1.54, 1.807) is 22.7 Å². The van der Waals surface area contributed by atoms with E-state index in [-0.39, 0.29) is 12.3 Å². The van der Waals surface area contributed by atoms with Crippen LogP contribution in [0.15, 0.2) is 18.3 Å². The van der Waals surface area contributed by atoms with E-state index in [2.05, 4.69) is 4.98 Å². The normalized spacial score (nSPS) is 10.8. The molecule has 2 heterocycles. The molecular weight excluding hydrogens is 210 g/mol. The van der Waals surface area contributed by atoms with Crippen LogP contribution in [0.25, 0.3) is 5.52 Å². The summed E-state index contributed by atoms with van der Waals surface area (Å²) in [5.74, 6) is -0.549. The summed E-state index contributed by atoms with van der Waals surface area (Å²) in [6.45, 7) is 0.234. The van der Waals surface area contributed by atoms with E-state index >= 15 is 0 Å². The van der Waals surface area contributed by atoms with E-state index in [0.717, 1.165) is 0 Å². The first-order valence-corrected chi connectivity index (χ1v) is 4.62. The third kappa shape index (κ3) is 1.59. The Balaban J connectivity index is 2.71. The summed E-state index contributed by atoms with van der Waals surface area (Å²) in [6, 6.07) is 3.27. The average molecular weight is 221 g/mol. The van der Waals surface area contributed by atoms with Gasteiger partial charge in [-0.1, -0.05) is 0 Å². The zero-order chi connectivity index (χ0) is 11.7. The highest BCUT2D eigenvalue weighted by Crippen LogP contribution is 2.16. The molecule has 0 aliphatic carbocycles. The number of carboxylic acid groups (broad SMARTS) is 1. The Bertz CT molecular complexity index is 547. The fraction of sp³-hybridized carbons (Fsp3) is 0.200. The van der Waals surface area contributed by atoms with Gasteiger partial charge in [0.15, 0.2) is 5.69 Å². The first kappa shape index (κ1) is 10.4. The van der Waals surface area contributed by atoms with E-state index in [9.17, 15) is 4.79 Å². The van der Waals surface area contributed by atoms with Crippen LogP contribution in [0.2, 0.25) is 0 Å². The van der Waals surface area contributed by atoms with Crippen molar-refractivity contribution in [1.29, 1.82) is 0 Å². The molecule has 2 aromatic heterocycles. The number of carboxylic acids is 1. The number of fused-ring (bicyclic) bond motifs is 1. The number of anilines is 1. The maximum atomic E-state index is 11.0. The molecule has 0 spiro atoms. The van der Waals surface area contributed by atoms with Crippen molar-refractivity contribution >= 4 is 17.2 Å². The van der Waals surface area contributed by atoms with Gasteiger partial charge in [-0.15, -0.1) is 0 Å². The number of hydrogen-bond donors (Lipinski definition) is 2. The Hall–Kier alpha value is -2.08. The van der Waals surface area contributed by atoms with Crippen LogP contribution < -0.4 is 5.73 Å². The van der Waals surface area contributed by atoms with E-state index in [1.165, 1.54) is 7.11 Å². The van der Waals surface area contributed by atoms with Gasteiger partial charge >= 0.3 is 5.97 Å². The highest BCUT2D eigenvalue weighted by molar-refractivity contribution is 5.93. The van der Waals surface area contributed by atoms with Gasteiger partial charge in [-0.05, 0) is 12.1 Å². The first-order valence-electron chi connectivity index (χ1n) is 4.62. The summed E-state index contributed by atoms with van der Waals surface area (Å²) in [5.41, 5.74) is 6.69. The highest BCUT2D eigenvalue weighted by Gasteiger charge is 2.16. The summed E-state index contributed by atoms with van der Waals surface area (Å²) in [4.78, 5) is 15.0. The van der Waals surface area contributed by atoms with E-state index in [4.69, 9.17) is 15.6 Å². The highest BCUT2D eigenvalue weighted by atomic mass is 16.5. The maximum absolute atomic E-state index is 11.0. The molecule has 6 heteroatoms. The number of hydrogen-bond acceptors (Lipinski definition) is 4. The SMILES string of the molecule is COCc1nc(C(=O)O)c2ccc(N)cn12. The summed E-state index contributed by atoms with van der Waals surface area (Å²) in [5, 5.41) is 8.99. The van der Waals surface area contributed by atoms with Gasteiger partial charge in [0, 0.05) is 19.0 Å². The molecule has 16 heavy (non-hydrogen) atoms. The van der Waals surface area contributed by atoms with Gasteiger partial charge in [0.1, 0.15) is 12.4 Å². The molecule has 3 N–H and O–H groups in total. The molecule has 2 aromatic rings. The second-order valence-electron chi connectivity index (χ2n) is 3.33. The molecule has 0 saturated carbocycles. The third-order valence-electron chi connectivity index (χ3n) is 2.21. The molecule has 0 bridgehead atoms. The molecule has 6 nitrogen and oxygen atoms in total. The van der Waals surface area contributed by atoms with Crippen molar-refractivity contribution in [3.05, 3.63) is 29.8 Å². The van der Waals surface area contributed by atoms with Crippen LogP contribution in [0.4, 0.5) is 5.69 Å². The zero-order valence-electron chi connectivity index (χ0n) is 8.67. The van der Waals surface area contributed by atoms with Crippen LogP contribution in [-0.4, -0.2) is 27.6 Å². The molecule has 0 radical (unpaired) electrons. The van der Waals surface area contributed by atoms with Crippen molar-refractivity contribution in [2.24, 2.45) is 0 Å². The fourth-order valence-electron chi connectivity index (χ4n) is 1.55. The van der Waals surface area contributed by atoms with Gasteiger partial charge in [0.05, 0.1) is 5.52 Å². The number of nitrogens with two attached hydrogens (primary N) is 1. The zero-order valence-corrected chi connectivity index (χ0v) is 8.67. The molecule has 0 fully saturated rings.